The molecule has 2 N–H and O–H groups in total. The van der Waals surface area contributed by atoms with Gasteiger partial charge in [-0.05, 0) is 24.7 Å². The fourth-order valence-corrected chi connectivity index (χ4v) is 2.01. The van der Waals surface area contributed by atoms with Crippen molar-refractivity contribution in [2.24, 2.45) is 5.73 Å². The maximum atomic E-state index is 6.09. The number of fused-ring (bicyclic) bond motifs is 1. The lowest BCUT2D eigenvalue weighted by Crippen LogP contribution is -2.24. The SMILES string of the molecule is CN(CCN)Cc1cc(Cl)c2c(c1)OCO2. The first-order valence-electron chi connectivity index (χ1n) is 5.17. The van der Waals surface area contributed by atoms with E-state index in [2.05, 4.69) is 4.90 Å². The molecule has 0 saturated heterocycles. The van der Waals surface area contributed by atoms with Gasteiger partial charge in [0.15, 0.2) is 11.5 Å². The molecule has 0 aromatic heterocycles. The largest absolute Gasteiger partial charge is 0.454 e. The average molecular weight is 243 g/mol. The molecule has 0 radical (unpaired) electrons. The van der Waals surface area contributed by atoms with Crippen molar-refractivity contribution in [2.75, 3.05) is 26.9 Å². The highest BCUT2D eigenvalue weighted by Crippen LogP contribution is 2.39. The van der Waals surface area contributed by atoms with Crippen LogP contribution in [0.3, 0.4) is 0 Å². The second-order valence-corrected chi connectivity index (χ2v) is 4.25. The van der Waals surface area contributed by atoms with Crippen LogP contribution in [0.4, 0.5) is 0 Å². The molecule has 1 aromatic carbocycles. The Morgan fingerprint density at radius 1 is 1.44 bits per heavy atom. The predicted molar refractivity (Wildman–Crippen MR) is 63.0 cm³/mol. The van der Waals surface area contributed by atoms with Crippen molar-refractivity contribution in [3.63, 3.8) is 0 Å². The average Bonchev–Trinajstić information content (AvgIpc) is 2.66. The standard InChI is InChI=1S/C11H15ClN2O2/c1-14(3-2-13)6-8-4-9(12)11-10(5-8)15-7-16-11/h4-5H,2-3,6-7,13H2,1H3. The summed E-state index contributed by atoms with van der Waals surface area (Å²) in [6, 6.07) is 3.86. The molecule has 0 saturated carbocycles. The molecule has 0 fully saturated rings. The maximum Gasteiger partial charge on any atom is 0.231 e. The second-order valence-electron chi connectivity index (χ2n) is 3.84. The molecule has 4 nitrogen and oxygen atoms in total. The minimum Gasteiger partial charge on any atom is -0.454 e. The highest BCUT2D eigenvalue weighted by molar-refractivity contribution is 6.32. The number of rotatable bonds is 4. The summed E-state index contributed by atoms with van der Waals surface area (Å²) in [6.07, 6.45) is 0. The minimum atomic E-state index is 0.247. The normalized spacial score (nSPS) is 13.5. The van der Waals surface area contributed by atoms with E-state index in [0.717, 1.165) is 24.4 Å². The van der Waals surface area contributed by atoms with Gasteiger partial charge in [-0.3, -0.25) is 0 Å². The van der Waals surface area contributed by atoms with Crippen molar-refractivity contribution in [3.05, 3.63) is 22.7 Å². The Morgan fingerprint density at radius 3 is 3.00 bits per heavy atom. The molecule has 0 unspecified atom stereocenters. The van der Waals surface area contributed by atoms with E-state index in [4.69, 9.17) is 26.8 Å². The van der Waals surface area contributed by atoms with Gasteiger partial charge < -0.3 is 20.1 Å². The molecule has 1 heterocycles. The molecule has 0 spiro atoms. The quantitative estimate of drug-likeness (QED) is 0.869. The highest BCUT2D eigenvalue weighted by Gasteiger charge is 2.18. The zero-order valence-electron chi connectivity index (χ0n) is 9.20. The van der Waals surface area contributed by atoms with Gasteiger partial charge in [-0.2, -0.15) is 0 Å². The number of nitrogens with zero attached hydrogens (tertiary/aromatic N) is 1. The first kappa shape index (κ1) is 11.5. The first-order valence-corrected chi connectivity index (χ1v) is 5.55. The number of hydrogen-bond donors (Lipinski definition) is 1. The third kappa shape index (κ3) is 2.40. The van der Waals surface area contributed by atoms with E-state index in [1.807, 2.05) is 19.2 Å². The molecule has 16 heavy (non-hydrogen) atoms. The Hall–Kier alpha value is -0.970. The second kappa shape index (κ2) is 4.91. The molecule has 1 aromatic rings. The zero-order chi connectivity index (χ0) is 11.5. The fourth-order valence-electron chi connectivity index (χ4n) is 1.72. The third-order valence-electron chi connectivity index (χ3n) is 2.45. The number of benzene rings is 1. The first-order chi connectivity index (χ1) is 7.70. The van der Waals surface area contributed by atoms with E-state index < -0.39 is 0 Å². The molecule has 0 aliphatic carbocycles. The van der Waals surface area contributed by atoms with Gasteiger partial charge in [0.2, 0.25) is 6.79 Å². The van der Waals surface area contributed by atoms with E-state index in [-0.39, 0.29) is 6.79 Å². The Kier molecular flexibility index (Phi) is 3.53. The van der Waals surface area contributed by atoms with E-state index in [1.165, 1.54) is 0 Å². The Balaban J connectivity index is 2.14. The Morgan fingerprint density at radius 2 is 2.25 bits per heavy atom. The number of ether oxygens (including phenoxy) is 2. The maximum absolute atomic E-state index is 6.09. The molecule has 88 valence electrons. The lowest BCUT2D eigenvalue weighted by molar-refractivity contribution is 0.174. The lowest BCUT2D eigenvalue weighted by atomic mass is 10.2. The zero-order valence-corrected chi connectivity index (χ0v) is 9.96. The molecule has 1 aliphatic heterocycles. The third-order valence-corrected chi connectivity index (χ3v) is 2.73. The Labute approximate surface area is 99.9 Å². The van der Waals surface area contributed by atoms with Crippen LogP contribution in [0, 0.1) is 0 Å². The molecular weight excluding hydrogens is 228 g/mol. The Bertz CT molecular complexity index is 384. The van der Waals surface area contributed by atoms with Crippen LogP contribution in [0.1, 0.15) is 5.56 Å². The van der Waals surface area contributed by atoms with Gasteiger partial charge in [-0.25, -0.2) is 0 Å². The van der Waals surface area contributed by atoms with Crippen molar-refractivity contribution in [2.45, 2.75) is 6.54 Å². The molecule has 2 rings (SSSR count). The summed E-state index contributed by atoms with van der Waals surface area (Å²) < 4.78 is 10.6. The summed E-state index contributed by atoms with van der Waals surface area (Å²) in [4.78, 5) is 2.13. The van der Waals surface area contributed by atoms with Crippen LogP contribution in [0.15, 0.2) is 12.1 Å². The number of likely N-dealkylation sites (N-methyl/N-ethyl adjacent to an activating group) is 1. The fraction of sp³-hybridized carbons (Fsp3) is 0.455. The van der Waals surface area contributed by atoms with Gasteiger partial charge in [0.1, 0.15) is 0 Å². The van der Waals surface area contributed by atoms with E-state index in [9.17, 15) is 0 Å². The highest BCUT2D eigenvalue weighted by atomic mass is 35.5. The number of halogens is 1. The smallest absolute Gasteiger partial charge is 0.231 e. The van der Waals surface area contributed by atoms with Crippen LogP contribution in [0.2, 0.25) is 5.02 Å². The lowest BCUT2D eigenvalue weighted by Gasteiger charge is -2.15. The topological polar surface area (TPSA) is 47.7 Å². The summed E-state index contributed by atoms with van der Waals surface area (Å²) >= 11 is 6.09. The van der Waals surface area contributed by atoms with Crippen LogP contribution < -0.4 is 15.2 Å². The van der Waals surface area contributed by atoms with Gasteiger partial charge >= 0.3 is 0 Å². The molecule has 1 aliphatic rings. The van der Waals surface area contributed by atoms with E-state index >= 15 is 0 Å². The van der Waals surface area contributed by atoms with Gasteiger partial charge in [0, 0.05) is 19.6 Å². The van der Waals surface area contributed by atoms with Crippen molar-refractivity contribution < 1.29 is 9.47 Å². The summed E-state index contributed by atoms with van der Waals surface area (Å²) in [7, 11) is 2.02. The van der Waals surface area contributed by atoms with Crippen LogP contribution >= 0.6 is 11.6 Å². The molecule has 0 amide bonds. The summed E-state index contributed by atoms with van der Waals surface area (Å²) in [6.45, 7) is 2.55. The molecular formula is C11H15ClN2O2. The molecule has 0 bridgehead atoms. The van der Waals surface area contributed by atoms with Gasteiger partial charge in [-0.1, -0.05) is 11.6 Å². The van der Waals surface area contributed by atoms with Gasteiger partial charge in [-0.15, -0.1) is 0 Å². The summed E-state index contributed by atoms with van der Waals surface area (Å²) in [5.41, 5.74) is 6.59. The van der Waals surface area contributed by atoms with Crippen molar-refractivity contribution in [1.82, 2.24) is 4.90 Å². The molecule has 5 heteroatoms. The van der Waals surface area contributed by atoms with Crippen LogP contribution in [-0.4, -0.2) is 31.8 Å². The monoisotopic (exact) mass is 242 g/mol. The molecule has 0 atom stereocenters. The summed E-state index contributed by atoms with van der Waals surface area (Å²) in [5, 5.41) is 0.603. The number of hydrogen-bond acceptors (Lipinski definition) is 4. The minimum absolute atomic E-state index is 0.247. The van der Waals surface area contributed by atoms with Crippen LogP contribution in [0.25, 0.3) is 0 Å². The van der Waals surface area contributed by atoms with Gasteiger partial charge in [0.25, 0.3) is 0 Å². The predicted octanol–water partition coefficient (Wildman–Crippen LogP) is 1.46. The van der Waals surface area contributed by atoms with Crippen molar-refractivity contribution in [3.8, 4) is 11.5 Å². The van der Waals surface area contributed by atoms with Crippen molar-refractivity contribution in [1.29, 1.82) is 0 Å². The van der Waals surface area contributed by atoms with Crippen molar-refractivity contribution >= 4 is 11.6 Å². The van der Waals surface area contributed by atoms with Crippen LogP contribution in [0.5, 0.6) is 11.5 Å². The van der Waals surface area contributed by atoms with Crippen LogP contribution in [-0.2, 0) is 6.54 Å². The number of nitrogens with two attached hydrogens (primary N) is 1. The summed E-state index contributed by atoms with van der Waals surface area (Å²) in [5.74, 6) is 1.37. The van der Waals surface area contributed by atoms with E-state index in [0.29, 0.717) is 17.3 Å². The van der Waals surface area contributed by atoms with Gasteiger partial charge in [0.05, 0.1) is 5.02 Å². The van der Waals surface area contributed by atoms with E-state index in [1.54, 1.807) is 0 Å².